The monoisotopic (exact) mass is 330 g/mol. The van der Waals surface area contributed by atoms with E-state index in [2.05, 4.69) is 15.5 Å². The lowest BCUT2D eigenvalue weighted by atomic mass is 10.1. The third kappa shape index (κ3) is 2.22. The fraction of sp³-hybridized carbons (Fsp3) is 0.312. The first-order chi connectivity index (χ1) is 11.5. The van der Waals surface area contributed by atoms with E-state index in [1.165, 1.54) is 12.1 Å². The number of carbonyl (C=O) groups is 1. The zero-order valence-electron chi connectivity index (χ0n) is 12.6. The molecule has 0 unspecified atom stereocenters. The van der Waals surface area contributed by atoms with Gasteiger partial charge < -0.3 is 20.4 Å². The first kappa shape index (κ1) is 14.7. The number of nitrogens with zero attached hydrogens (tertiary/aromatic N) is 3. The number of aliphatic carboxylic acids is 1. The maximum absolute atomic E-state index is 13.6. The van der Waals surface area contributed by atoms with Crippen molar-refractivity contribution in [3.63, 3.8) is 0 Å². The average molecular weight is 330 g/mol. The number of phenols is 1. The molecular formula is C16H15FN4O3. The Hall–Kier alpha value is -2.90. The van der Waals surface area contributed by atoms with E-state index in [0.29, 0.717) is 31.0 Å². The molecule has 0 bridgehead atoms. The summed E-state index contributed by atoms with van der Waals surface area (Å²) in [5.74, 6) is -1.87. The number of halogens is 1. The van der Waals surface area contributed by atoms with Crippen LogP contribution in [0.5, 0.6) is 5.75 Å². The fourth-order valence-electron chi connectivity index (χ4n) is 3.38. The number of aromatic hydroxyl groups is 1. The van der Waals surface area contributed by atoms with E-state index in [0.717, 1.165) is 5.69 Å². The summed E-state index contributed by atoms with van der Waals surface area (Å²) in [4.78, 5) is 13.3. The Bertz CT molecular complexity index is 829. The minimum absolute atomic E-state index is 0.0664. The number of carboxylic acid groups (broad SMARTS) is 1. The van der Waals surface area contributed by atoms with Crippen LogP contribution in [0.1, 0.15) is 6.42 Å². The van der Waals surface area contributed by atoms with Gasteiger partial charge in [-0.25, -0.2) is 4.39 Å². The number of phenolic OH excluding ortho intramolecular Hbond substituents is 1. The molecule has 7 nitrogen and oxygen atoms in total. The van der Waals surface area contributed by atoms with E-state index in [9.17, 15) is 19.4 Å². The SMILES string of the molecule is O=C(O)[C@@H]1C[C@@H]2CNc3nnc(-c4cccc(F)c4O)cc3N2C1. The molecule has 0 spiro atoms. The molecule has 0 saturated carbocycles. The van der Waals surface area contributed by atoms with E-state index in [1.54, 1.807) is 12.1 Å². The molecule has 1 aromatic carbocycles. The highest BCUT2D eigenvalue weighted by Crippen LogP contribution is 2.39. The number of hydrogen-bond donors (Lipinski definition) is 3. The largest absolute Gasteiger partial charge is 0.504 e. The third-order valence-corrected chi connectivity index (χ3v) is 4.61. The van der Waals surface area contributed by atoms with Crippen LogP contribution in [0.25, 0.3) is 11.3 Å². The second-order valence-electron chi connectivity index (χ2n) is 6.06. The molecule has 2 aromatic rings. The first-order valence-corrected chi connectivity index (χ1v) is 7.63. The molecule has 2 aliphatic heterocycles. The van der Waals surface area contributed by atoms with Gasteiger partial charge in [0.25, 0.3) is 0 Å². The van der Waals surface area contributed by atoms with Crippen LogP contribution in [0.2, 0.25) is 0 Å². The van der Waals surface area contributed by atoms with Crippen LogP contribution in [0.4, 0.5) is 15.9 Å². The van der Waals surface area contributed by atoms with Gasteiger partial charge in [-0.2, -0.15) is 0 Å². The van der Waals surface area contributed by atoms with Crippen molar-refractivity contribution in [2.45, 2.75) is 12.5 Å². The molecule has 124 valence electrons. The normalized spacial score (nSPS) is 21.8. The van der Waals surface area contributed by atoms with Crippen LogP contribution in [-0.4, -0.2) is 45.5 Å². The van der Waals surface area contributed by atoms with E-state index in [1.807, 2.05) is 4.90 Å². The summed E-state index contributed by atoms with van der Waals surface area (Å²) in [5.41, 5.74) is 1.32. The zero-order valence-corrected chi connectivity index (χ0v) is 12.6. The van der Waals surface area contributed by atoms with Crippen LogP contribution >= 0.6 is 0 Å². The highest BCUT2D eigenvalue weighted by atomic mass is 19.1. The maximum Gasteiger partial charge on any atom is 0.308 e. The predicted octanol–water partition coefficient (Wildman–Crippen LogP) is 1.69. The van der Waals surface area contributed by atoms with E-state index < -0.39 is 23.5 Å². The second kappa shape index (κ2) is 5.33. The lowest BCUT2D eigenvalue weighted by Gasteiger charge is -2.33. The number of aromatic nitrogens is 2. The minimum atomic E-state index is -0.809. The van der Waals surface area contributed by atoms with Crippen molar-refractivity contribution < 1.29 is 19.4 Å². The Morgan fingerprint density at radius 1 is 1.38 bits per heavy atom. The number of benzene rings is 1. The van der Waals surface area contributed by atoms with Crippen molar-refractivity contribution in [1.29, 1.82) is 0 Å². The Balaban J connectivity index is 1.75. The molecule has 3 heterocycles. The van der Waals surface area contributed by atoms with Crippen LogP contribution in [-0.2, 0) is 4.79 Å². The molecule has 1 fully saturated rings. The Labute approximate surface area is 136 Å². The standard InChI is InChI=1S/C16H15FN4O3/c17-11-3-1-2-10(14(11)22)12-5-13-15(20-19-12)18-6-9-4-8(16(23)24)7-21(9)13/h1-3,5,8-9,22H,4,6-7H2,(H,18,20)(H,23,24)/t8-,9-/m1/s1. The summed E-state index contributed by atoms with van der Waals surface area (Å²) in [6.45, 7) is 1.00. The topological polar surface area (TPSA) is 98.6 Å². The van der Waals surface area contributed by atoms with Crippen molar-refractivity contribution in [2.24, 2.45) is 5.92 Å². The molecule has 3 N–H and O–H groups in total. The zero-order chi connectivity index (χ0) is 16.8. The number of hydrogen-bond acceptors (Lipinski definition) is 6. The smallest absolute Gasteiger partial charge is 0.308 e. The quantitative estimate of drug-likeness (QED) is 0.771. The fourth-order valence-corrected chi connectivity index (χ4v) is 3.38. The van der Waals surface area contributed by atoms with Gasteiger partial charge in [0.2, 0.25) is 0 Å². The number of anilines is 2. The van der Waals surface area contributed by atoms with E-state index in [4.69, 9.17) is 0 Å². The number of rotatable bonds is 2. The molecule has 8 heteroatoms. The highest BCUT2D eigenvalue weighted by Gasteiger charge is 2.39. The molecule has 0 aliphatic carbocycles. The number of fused-ring (bicyclic) bond motifs is 3. The van der Waals surface area contributed by atoms with Gasteiger partial charge in [0.15, 0.2) is 17.4 Å². The van der Waals surface area contributed by atoms with Gasteiger partial charge in [-0.05, 0) is 24.6 Å². The average Bonchev–Trinajstić information content (AvgIpc) is 3.02. The number of nitrogens with one attached hydrogen (secondary N) is 1. The van der Waals surface area contributed by atoms with Gasteiger partial charge in [-0.3, -0.25) is 4.79 Å². The molecular weight excluding hydrogens is 315 g/mol. The van der Waals surface area contributed by atoms with E-state index in [-0.39, 0.29) is 11.6 Å². The summed E-state index contributed by atoms with van der Waals surface area (Å²) in [5, 5.41) is 30.5. The van der Waals surface area contributed by atoms with Crippen LogP contribution in [0.15, 0.2) is 24.3 Å². The van der Waals surface area contributed by atoms with Gasteiger partial charge in [0, 0.05) is 24.7 Å². The molecule has 2 aliphatic rings. The Morgan fingerprint density at radius 2 is 2.21 bits per heavy atom. The van der Waals surface area contributed by atoms with Crippen molar-refractivity contribution in [1.82, 2.24) is 10.2 Å². The minimum Gasteiger partial charge on any atom is -0.504 e. The van der Waals surface area contributed by atoms with Crippen LogP contribution < -0.4 is 10.2 Å². The molecule has 2 atom stereocenters. The molecule has 0 amide bonds. The van der Waals surface area contributed by atoms with Gasteiger partial charge in [0.05, 0.1) is 17.3 Å². The Kier molecular flexibility index (Phi) is 3.26. The van der Waals surface area contributed by atoms with Gasteiger partial charge in [-0.15, -0.1) is 10.2 Å². The molecule has 24 heavy (non-hydrogen) atoms. The second-order valence-corrected chi connectivity index (χ2v) is 6.06. The van der Waals surface area contributed by atoms with Crippen LogP contribution in [0, 0.1) is 11.7 Å². The van der Waals surface area contributed by atoms with Crippen LogP contribution in [0.3, 0.4) is 0 Å². The highest BCUT2D eigenvalue weighted by molar-refractivity contribution is 5.79. The maximum atomic E-state index is 13.6. The van der Waals surface area contributed by atoms with E-state index >= 15 is 0 Å². The van der Waals surface area contributed by atoms with Gasteiger partial charge >= 0.3 is 5.97 Å². The van der Waals surface area contributed by atoms with Gasteiger partial charge in [-0.1, -0.05) is 6.07 Å². The van der Waals surface area contributed by atoms with Crippen molar-refractivity contribution in [3.8, 4) is 17.0 Å². The lowest BCUT2D eigenvalue weighted by molar-refractivity contribution is -0.141. The predicted molar refractivity (Wildman–Crippen MR) is 84.5 cm³/mol. The summed E-state index contributed by atoms with van der Waals surface area (Å²) in [6.07, 6.45) is 0.560. The lowest BCUT2D eigenvalue weighted by Crippen LogP contribution is -2.39. The summed E-state index contributed by atoms with van der Waals surface area (Å²) < 4.78 is 13.6. The summed E-state index contributed by atoms with van der Waals surface area (Å²) in [6, 6.07) is 5.99. The third-order valence-electron chi connectivity index (χ3n) is 4.61. The first-order valence-electron chi connectivity index (χ1n) is 7.63. The van der Waals surface area contributed by atoms with Crippen molar-refractivity contribution in [3.05, 3.63) is 30.1 Å². The summed E-state index contributed by atoms with van der Waals surface area (Å²) >= 11 is 0. The van der Waals surface area contributed by atoms with Gasteiger partial charge in [0.1, 0.15) is 0 Å². The summed E-state index contributed by atoms with van der Waals surface area (Å²) in [7, 11) is 0. The van der Waals surface area contributed by atoms with Crippen molar-refractivity contribution >= 4 is 17.5 Å². The molecule has 0 radical (unpaired) electrons. The molecule has 1 aromatic heterocycles. The number of carboxylic acids is 1. The Morgan fingerprint density at radius 3 is 3.00 bits per heavy atom. The van der Waals surface area contributed by atoms with Crippen molar-refractivity contribution in [2.75, 3.05) is 23.3 Å². The number of para-hydroxylation sites is 1. The molecule has 4 rings (SSSR count). The molecule has 1 saturated heterocycles.